The second kappa shape index (κ2) is 6.75. The third-order valence-corrected chi connectivity index (χ3v) is 4.48. The van der Waals surface area contributed by atoms with Crippen molar-refractivity contribution in [1.82, 2.24) is 24.4 Å². The summed E-state index contributed by atoms with van der Waals surface area (Å²) in [6.07, 6.45) is 10.5. The molecular formula is C17H20N6O3. The summed E-state index contributed by atoms with van der Waals surface area (Å²) in [7, 11) is 1.87. The number of ether oxygens (including phenoxy) is 2. The van der Waals surface area contributed by atoms with Gasteiger partial charge in [-0.3, -0.25) is 4.57 Å². The summed E-state index contributed by atoms with van der Waals surface area (Å²) < 4.78 is 13.3. The summed E-state index contributed by atoms with van der Waals surface area (Å²) in [4.78, 5) is 26.4. The Morgan fingerprint density at radius 3 is 3.12 bits per heavy atom. The van der Waals surface area contributed by atoms with Gasteiger partial charge in [0.1, 0.15) is 24.7 Å². The van der Waals surface area contributed by atoms with Gasteiger partial charge in [-0.25, -0.2) is 19.7 Å². The van der Waals surface area contributed by atoms with Gasteiger partial charge >= 0.3 is 5.97 Å². The summed E-state index contributed by atoms with van der Waals surface area (Å²) in [5.41, 5.74) is 7.66. The number of anilines is 1. The van der Waals surface area contributed by atoms with Crippen molar-refractivity contribution in [2.75, 3.05) is 19.4 Å². The third kappa shape index (κ3) is 3.13. The highest BCUT2D eigenvalue weighted by atomic mass is 16.6. The van der Waals surface area contributed by atoms with Gasteiger partial charge in [0.2, 0.25) is 0 Å². The molecule has 2 N–H and O–H groups in total. The molecule has 4 heterocycles. The van der Waals surface area contributed by atoms with Gasteiger partial charge in [0.25, 0.3) is 0 Å². The zero-order chi connectivity index (χ0) is 18.1. The maximum Gasteiger partial charge on any atom is 0.335 e. The van der Waals surface area contributed by atoms with E-state index >= 15 is 0 Å². The predicted octanol–water partition coefficient (Wildman–Crippen LogP) is 1.36. The molecule has 2 aromatic rings. The molecule has 9 nitrogen and oxygen atoms in total. The quantitative estimate of drug-likeness (QED) is 0.818. The number of nitrogen functional groups attached to an aromatic ring is 1. The van der Waals surface area contributed by atoms with E-state index in [2.05, 4.69) is 15.0 Å². The number of imidazole rings is 1. The summed E-state index contributed by atoms with van der Waals surface area (Å²) in [5.74, 6) is 0.0406. The van der Waals surface area contributed by atoms with Crippen LogP contribution in [0.4, 0.5) is 5.82 Å². The van der Waals surface area contributed by atoms with Crippen LogP contribution in [-0.2, 0) is 14.3 Å². The van der Waals surface area contributed by atoms with E-state index < -0.39 is 0 Å². The molecule has 9 heteroatoms. The molecule has 0 bridgehead atoms. The fraction of sp³-hybridized carbons (Fsp3) is 0.412. The largest absolute Gasteiger partial charge is 0.460 e. The maximum atomic E-state index is 12.2. The van der Waals surface area contributed by atoms with Gasteiger partial charge in [0.05, 0.1) is 18.0 Å². The molecule has 0 radical (unpaired) electrons. The lowest BCUT2D eigenvalue weighted by Gasteiger charge is -2.18. The Morgan fingerprint density at radius 1 is 1.38 bits per heavy atom. The molecule has 2 aromatic heterocycles. The molecule has 1 fully saturated rings. The van der Waals surface area contributed by atoms with Crippen molar-refractivity contribution in [1.29, 1.82) is 0 Å². The molecule has 136 valence electrons. The Bertz CT molecular complexity index is 890. The highest BCUT2D eigenvalue weighted by molar-refractivity contribution is 5.88. The number of nitrogens with zero attached hydrogens (tertiary/aromatic N) is 5. The predicted molar refractivity (Wildman–Crippen MR) is 93.4 cm³/mol. The van der Waals surface area contributed by atoms with Crippen molar-refractivity contribution in [2.24, 2.45) is 0 Å². The van der Waals surface area contributed by atoms with Crippen molar-refractivity contribution in [2.45, 2.75) is 31.6 Å². The van der Waals surface area contributed by atoms with Gasteiger partial charge in [-0.1, -0.05) is 6.08 Å². The Kier molecular flexibility index (Phi) is 4.29. The van der Waals surface area contributed by atoms with Gasteiger partial charge in [0.15, 0.2) is 11.5 Å². The highest BCUT2D eigenvalue weighted by Crippen LogP contribution is 2.31. The second-order valence-corrected chi connectivity index (χ2v) is 6.38. The monoisotopic (exact) mass is 356 g/mol. The Labute approximate surface area is 150 Å². The standard InChI is InChI=1S/C17H20N6O3/c1-22-6-2-3-11(7-22)17(24)25-8-12-4-5-13(26-12)23-10-21-14-15(18)19-9-20-16(14)23/h2,6-7,9-10,12-13H,3-5,8H2,1H3,(H2,18,19,20)/t12-,13+/m0/s1. The van der Waals surface area contributed by atoms with Gasteiger partial charge in [0, 0.05) is 19.7 Å². The van der Waals surface area contributed by atoms with Crippen LogP contribution in [0.1, 0.15) is 25.5 Å². The third-order valence-electron chi connectivity index (χ3n) is 4.48. The topological polar surface area (TPSA) is 108 Å². The van der Waals surface area contributed by atoms with Crippen LogP contribution >= 0.6 is 0 Å². The van der Waals surface area contributed by atoms with Crippen LogP contribution in [0.15, 0.2) is 36.7 Å². The SMILES string of the molecule is CN1C=CCC(C(=O)OC[C@@H]2CC[C@H](n3cnc4c(N)ncnc43)O2)=C1. The van der Waals surface area contributed by atoms with E-state index in [1.54, 1.807) is 12.5 Å². The first-order chi connectivity index (χ1) is 12.6. The number of carbonyl (C=O) groups excluding carboxylic acids is 1. The summed E-state index contributed by atoms with van der Waals surface area (Å²) in [5, 5.41) is 0. The van der Waals surface area contributed by atoms with Crippen LogP contribution in [0.25, 0.3) is 11.2 Å². The van der Waals surface area contributed by atoms with Crippen molar-refractivity contribution < 1.29 is 14.3 Å². The van der Waals surface area contributed by atoms with Crippen LogP contribution in [0, 0.1) is 0 Å². The van der Waals surface area contributed by atoms with Gasteiger partial charge in [-0.05, 0) is 19.0 Å². The molecule has 26 heavy (non-hydrogen) atoms. The second-order valence-electron chi connectivity index (χ2n) is 6.38. The molecule has 2 aliphatic heterocycles. The fourth-order valence-corrected chi connectivity index (χ4v) is 3.18. The van der Waals surface area contributed by atoms with E-state index in [4.69, 9.17) is 15.2 Å². The molecule has 0 amide bonds. The molecule has 0 unspecified atom stereocenters. The number of rotatable bonds is 4. The van der Waals surface area contributed by atoms with E-state index in [-0.39, 0.29) is 24.9 Å². The van der Waals surface area contributed by atoms with Crippen LogP contribution in [0.3, 0.4) is 0 Å². The summed E-state index contributed by atoms with van der Waals surface area (Å²) in [6.45, 7) is 0.226. The minimum atomic E-state index is -0.304. The molecule has 4 rings (SSSR count). The molecule has 0 spiro atoms. The first-order valence-corrected chi connectivity index (χ1v) is 8.46. The van der Waals surface area contributed by atoms with Crippen LogP contribution < -0.4 is 5.73 Å². The molecule has 2 aliphatic rings. The number of hydrogen-bond acceptors (Lipinski definition) is 8. The number of allylic oxidation sites excluding steroid dienone is 1. The maximum absolute atomic E-state index is 12.2. The Hall–Kier alpha value is -2.94. The smallest absolute Gasteiger partial charge is 0.335 e. The number of fused-ring (bicyclic) bond motifs is 1. The van der Waals surface area contributed by atoms with E-state index in [0.29, 0.717) is 29.0 Å². The average molecular weight is 356 g/mol. The normalized spacial score (nSPS) is 22.7. The van der Waals surface area contributed by atoms with E-state index in [1.807, 2.05) is 28.8 Å². The first-order valence-electron chi connectivity index (χ1n) is 8.46. The zero-order valence-electron chi connectivity index (χ0n) is 14.4. The van der Waals surface area contributed by atoms with Gasteiger partial charge in [-0.2, -0.15) is 0 Å². The van der Waals surface area contributed by atoms with Crippen LogP contribution in [-0.4, -0.2) is 50.1 Å². The average Bonchev–Trinajstić information content (AvgIpc) is 3.27. The Balaban J connectivity index is 1.36. The summed E-state index contributed by atoms with van der Waals surface area (Å²) >= 11 is 0. The van der Waals surface area contributed by atoms with Gasteiger partial charge in [-0.15, -0.1) is 0 Å². The highest BCUT2D eigenvalue weighted by Gasteiger charge is 2.29. The molecule has 0 aliphatic carbocycles. The lowest BCUT2D eigenvalue weighted by molar-refractivity contribution is -0.144. The van der Waals surface area contributed by atoms with Crippen LogP contribution in [0.5, 0.6) is 0 Å². The zero-order valence-corrected chi connectivity index (χ0v) is 14.4. The number of nitrogens with two attached hydrogens (primary N) is 1. The minimum absolute atomic E-state index is 0.155. The van der Waals surface area contributed by atoms with Gasteiger partial charge < -0.3 is 20.1 Å². The van der Waals surface area contributed by atoms with E-state index in [9.17, 15) is 4.79 Å². The number of esters is 1. The molecular weight excluding hydrogens is 336 g/mol. The van der Waals surface area contributed by atoms with Crippen LogP contribution in [0.2, 0.25) is 0 Å². The fourth-order valence-electron chi connectivity index (χ4n) is 3.18. The molecule has 1 saturated heterocycles. The van der Waals surface area contributed by atoms with E-state index in [0.717, 1.165) is 12.8 Å². The lowest BCUT2D eigenvalue weighted by Crippen LogP contribution is -2.21. The molecule has 0 aromatic carbocycles. The van der Waals surface area contributed by atoms with E-state index in [1.165, 1.54) is 6.33 Å². The van der Waals surface area contributed by atoms with Crippen molar-refractivity contribution in [3.05, 3.63) is 36.7 Å². The molecule has 0 saturated carbocycles. The Morgan fingerprint density at radius 2 is 2.27 bits per heavy atom. The number of hydrogen-bond donors (Lipinski definition) is 1. The van der Waals surface area contributed by atoms with Crippen molar-refractivity contribution in [3.8, 4) is 0 Å². The lowest BCUT2D eigenvalue weighted by atomic mass is 10.1. The summed E-state index contributed by atoms with van der Waals surface area (Å²) in [6, 6.07) is 0. The van der Waals surface area contributed by atoms with Crippen molar-refractivity contribution >= 4 is 23.0 Å². The number of aromatic nitrogens is 4. The first kappa shape index (κ1) is 16.5. The van der Waals surface area contributed by atoms with Crippen molar-refractivity contribution in [3.63, 3.8) is 0 Å². The number of carbonyl (C=O) groups is 1. The molecule has 2 atom stereocenters. The minimum Gasteiger partial charge on any atom is -0.460 e.